The van der Waals surface area contributed by atoms with Gasteiger partial charge in [-0.1, -0.05) is 31.3 Å². The maximum atomic E-state index is 11.1. The van der Waals surface area contributed by atoms with E-state index < -0.39 is 0 Å². The molecule has 0 spiro atoms. The van der Waals surface area contributed by atoms with Crippen LogP contribution in [0.15, 0.2) is 35.0 Å². The van der Waals surface area contributed by atoms with Gasteiger partial charge in [0.2, 0.25) is 0 Å². The number of furan rings is 1. The smallest absolute Gasteiger partial charge is 0.305 e. The Morgan fingerprint density at radius 1 is 1.22 bits per heavy atom. The Morgan fingerprint density at radius 2 is 2.04 bits per heavy atom. The zero-order valence-electron chi connectivity index (χ0n) is 13.8. The van der Waals surface area contributed by atoms with Gasteiger partial charge in [-0.05, 0) is 62.2 Å². The van der Waals surface area contributed by atoms with E-state index in [4.69, 9.17) is 9.15 Å². The van der Waals surface area contributed by atoms with Crippen molar-refractivity contribution in [2.75, 3.05) is 6.61 Å². The third-order valence-corrected chi connectivity index (χ3v) is 3.10. The van der Waals surface area contributed by atoms with Crippen molar-refractivity contribution in [3.8, 4) is 23.7 Å². The van der Waals surface area contributed by atoms with Crippen LogP contribution >= 0.6 is 0 Å². The number of carbonyl (C=O) groups excluding carboxylic acids is 1. The molecule has 23 heavy (non-hydrogen) atoms. The predicted molar refractivity (Wildman–Crippen MR) is 91.5 cm³/mol. The summed E-state index contributed by atoms with van der Waals surface area (Å²) >= 11 is 0. The van der Waals surface area contributed by atoms with Crippen LogP contribution < -0.4 is 0 Å². The Bertz CT molecular complexity index is 574. The van der Waals surface area contributed by atoms with Gasteiger partial charge in [0.15, 0.2) is 5.76 Å². The van der Waals surface area contributed by atoms with Crippen LogP contribution in [-0.2, 0) is 9.53 Å². The highest BCUT2D eigenvalue weighted by Gasteiger charge is 2.00. The summed E-state index contributed by atoms with van der Waals surface area (Å²) in [4.78, 5) is 11.1. The molecule has 0 bridgehead atoms. The summed E-state index contributed by atoms with van der Waals surface area (Å²) in [6.07, 6.45) is 12.6. The largest absolute Gasteiger partial charge is 0.466 e. The number of rotatable bonds is 9. The monoisotopic (exact) mass is 312 g/mol. The predicted octanol–water partition coefficient (Wildman–Crippen LogP) is 4.48. The molecule has 0 fully saturated rings. The third kappa shape index (κ3) is 10.9. The lowest BCUT2D eigenvalue weighted by Crippen LogP contribution is -2.03. The van der Waals surface area contributed by atoms with Gasteiger partial charge in [-0.25, -0.2) is 0 Å². The molecule has 122 valence electrons. The van der Waals surface area contributed by atoms with Crippen LogP contribution in [0.5, 0.6) is 0 Å². The van der Waals surface area contributed by atoms with Gasteiger partial charge < -0.3 is 9.15 Å². The minimum atomic E-state index is -0.0795. The molecular formula is C20H24O3. The first-order chi connectivity index (χ1) is 11.3. The molecule has 3 heteroatoms. The Morgan fingerprint density at radius 3 is 2.83 bits per heavy atom. The topological polar surface area (TPSA) is 39.4 Å². The van der Waals surface area contributed by atoms with Gasteiger partial charge in [0.25, 0.3) is 0 Å². The van der Waals surface area contributed by atoms with Crippen LogP contribution in [0.3, 0.4) is 0 Å². The minimum Gasteiger partial charge on any atom is -0.466 e. The summed E-state index contributed by atoms with van der Waals surface area (Å²) in [5, 5.41) is 0. The van der Waals surface area contributed by atoms with E-state index >= 15 is 0 Å². The van der Waals surface area contributed by atoms with Crippen LogP contribution in [-0.4, -0.2) is 12.6 Å². The van der Waals surface area contributed by atoms with E-state index in [1.807, 2.05) is 13.0 Å². The van der Waals surface area contributed by atoms with Gasteiger partial charge in [-0.15, -0.1) is 0 Å². The third-order valence-electron chi connectivity index (χ3n) is 3.10. The first-order valence-electron chi connectivity index (χ1n) is 8.18. The highest BCUT2D eigenvalue weighted by atomic mass is 16.5. The minimum absolute atomic E-state index is 0.0795. The molecule has 0 saturated carbocycles. The molecule has 0 aliphatic rings. The fraction of sp³-hybridized carbons (Fsp3) is 0.450. The molecule has 1 heterocycles. The van der Waals surface area contributed by atoms with Crippen LogP contribution in [0.1, 0.15) is 57.6 Å². The number of unbranched alkanes of at least 4 members (excludes halogenated alkanes) is 5. The van der Waals surface area contributed by atoms with Crippen molar-refractivity contribution >= 4 is 5.97 Å². The number of esters is 1. The number of hydrogen-bond acceptors (Lipinski definition) is 3. The lowest BCUT2D eigenvalue weighted by molar-refractivity contribution is -0.143. The fourth-order valence-corrected chi connectivity index (χ4v) is 1.96. The van der Waals surface area contributed by atoms with E-state index in [1.54, 1.807) is 18.4 Å². The second-order valence-electron chi connectivity index (χ2n) is 5.01. The van der Waals surface area contributed by atoms with Gasteiger partial charge in [0.1, 0.15) is 0 Å². The average Bonchev–Trinajstić information content (AvgIpc) is 3.05. The quantitative estimate of drug-likeness (QED) is 0.383. The normalized spacial score (nSPS) is 9.78. The van der Waals surface area contributed by atoms with Crippen LogP contribution in [0.2, 0.25) is 0 Å². The summed E-state index contributed by atoms with van der Waals surface area (Å²) in [7, 11) is 0. The zero-order valence-corrected chi connectivity index (χ0v) is 13.8. The number of allylic oxidation sites excluding steroid dienone is 2. The Kier molecular flexibility index (Phi) is 10.8. The van der Waals surface area contributed by atoms with E-state index in [-0.39, 0.29) is 5.97 Å². The molecule has 0 unspecified atom stereocenters. The lowest BCUT2D eigenvalue weighted by Gasteiger charge is -2.01. The Hall–Kier alpha value is -2.39. The van der Waals surface area contributed by atoms with Gasteiger partial charge in [0, 0.05) is 6.42 Å². The molecule has 0 aliphatic carbocycles. The van der Waals surface area contributed by atoms with Gasteiger partial charge >= 0.3 is 5.97 Å². The molecule has 3 nitrogen and oxygen atoms in total. The molecule has 0 N–H and O–H groups in total. The van der Waals surface area contributed by atoms with Crippen molar-refractivity contribution < 1.29 is 13.9 Å². The number of carbonyl (C=O) groups is 1. The summed E-state index contributed by atoms with van der Waals surface area (Å²) in [5.74, 6) is 11.8. The van der Waals surface area contributed by atoms with Crippen molar-refractivity contribution in [2.45, 2.75) is 51.9 Å². The molecule has 0 atom stereocenters. The van der Waals surface area contributed by atoms with Gasteiger partial charge in [-0.2, -0.15) is 0 Å². The van der Waals surface area contributed by atoms with Gasteiger partial charge in [-0.3, -0.25) is 4.79 Å². The molecule has 0 radical (unpaired) electrons. The molecule has 0 aromatic carbocycles. The zero-order chi connectivity index (χ0) is 16.6. The fourth-order valence-electron chi connectivity index (χ4n) is 1.96. The number of hydrogen-bond donors (Lipinski definition) is 0. The average molecular weight is 312 g/mol. The molecule has 0 amide bonds. The summed E-state index contributed by atoms with van der Waals surface area (Å²) in [6, 6.07) is 3.60. The van der Waals surface area contributed by atoms with E-state index in [2.05, 4.69) is 29.8 Å². The summed E-state index contributed by atoms with van der Waals surface area (Å²) < 4.78 is 9.96. The maximum Gasteiger partial charge on any atom is 0.305 e. The molecule has 0 saturated heterocycles. The lowest BCUT2D eigenvalue weighted by atomic mass is 10.1. The molecular weight excluding hydrogens is 288 g/mol. The first kappa shape index (κ1) is 18.7. The first-order valence-corrected chi connectivity index (χ1v) is 8.18. The molecule has 1 rings (SSSR count). The summed E-state index contributed by atoms with van der Waals surface area (Å²) in [5.41, 5.74) is 0. The maximum absolute atomic E-state index is 11.1. The van der Waals surface area contributed by atoms with Crippen molar-refractivity contribution in [2.24, 2.45) is 0 Å². The molecule has 1 aromatic heterocycles. The number of ether oxygens (including phenoxy) is 1. The Labute approximate surface area is 139 Å². The SMILES string of the molecule is CCOC(=O)CCCCCCC/C=C\C#CC#Cc1ccco1. The van der Waals surface area contributed by atoms with Crippen molar-refractivity contribution in [3.05, 3.63) is 36.3 Å². The molecule has 0 aliphatic heterocycles. The molecule has 1 aromatic rings. The second kappa shape index (κ2) is 13.3. The highest BCUT2D eigenvalue weighted by molar-refractivity contribution is 5.69. The van der Waals surface area contributed by atoms with Crippen LogP contribution in [0, 0.1) is 23.7 Å². The van der Waals surface area contributed by atoms with E-state index in [0.717, 1.165) is 32.1 Å². The van der Waals surface area contributed by atoms with Crippen molar-refractivity contribution in [3.63, 3.8) is 0 Å². The highest BCUT2D eigenvalue weighted by Crippen LogP contribution is 2.08. The van der Waals surface area contributed by atoms with Crippen molar-refractivity contribution in [1.29, 1.82) is 0 Å². The summed E-state index contributed by atoms with van der Waals surface area (Å²) in [6.45, 7) is 2.31. The second-order valence-corrected chi connectivity index (χ2v) is 5.01. The standard InChI is InChI=1S/C20H24O3/c1-2-22-20(21)17-13-11-9-7-5-3-4-6-8-10-12-15-19-16-14-18-23-19/h4,6,14,16,18H,2-3,5,7,9,11,13,17H2,1H3/b6-4-. The van der Waals surface area contributed by atoms with E-state index in [1.165, 1.54) is 6.42 Å². The Balaban J connectivity index is 1.96. The van der Waals surface area contributed by atoms with Gasteiger partial charge in [0.05, 0.1) is 12.9 Å². The van der Waals surface area contributed by atoms with Crippen molar-refractivity contribution in [1.82, 2.24) is 0 Å². The van der Waals surface area contributed by atoms with E-state index in [9.17, 15) is 4.79 Å². The van der Waals surface area contributed by atoms with E-state index in [0.29, 0.717) is 18.8 Å². The van der Waals surface area contributed by atoms with Crippen LogP contribution in [0.4, 0.5) is 0 Å². The van der Waals surface area contributed by atoms with Crippen LogP contribution in [0.25, 0.3) is 0 Å².